The van der Waals surface area contributed by atoms with Crippen LogP contribution in [0.3, 0.4) is 0 Å². The predicted octanol–water partition coefficient (Wildman–Crippen LogP) is 2.36. The zero-order valence-electron chi connectivity index (χ0n) is 12.6. The number of nitrogens with one attached hydrogen (secondary N) is 1. The van der Waals surface area contributed by atoms with Crippen LogP contribution in [0, 0.1) is 0 Å². The molecule has 5 heteroatoms. The van der Waals surface area contributed by atoms with E-state index in [0.29, 0.717) is 6.04 Å². The molecule has 0 unspecified atom stereocenters. The van der Waals surface area contributed by atoms with Gasteiger partial charge in [0.1, 0.15) is 11.6 Å². The number of rotatable bonds is 2. The van der Waals surface area contributed by atoms with Gasteiger partial charge in [-0.25, -0.2) is 9.97 Å². The van der Waals surface area contributed by atoms with Crippen molar-refractivity contribution in [1.82, 2.24) is 15.0 Å². The van der Waals surface area contributed by atoms with Gasteiger partial charge in [-0.2, -0.15) is 0 Å². The smallest absolute Gasteiger partial charge is 0.138 e. The number of aryl methyl sites for hydroxylation is 1. The molecule has 0 atom stereocenters. The quantitative estimate of drug-likeness (QED) is 0.892. The van der Waals surface area contributed by atoms with Crippen LogP contribution in [0.1, 0.15) is 30.7 Å². The monoisotopic (exact) mass is 295 g/mol. The van der Waals surface area contributed by atoms with Crippen molar-refractivity contribution in [3.63, 3.8) is 0 Å². The Labute approximate surface area is 130 Å². The Bertz CT molecular complexity index is 695. The van der Waals surface area contributed by atoms with E-state index in [1.807, 2.05) is 12.3 Å². The van der Waals surface area contributed by atoms with E-state index in [0.717, 1.165) is 61.7 Å². The molecule has 3 heterocycles. The number of aromatic nitrogens is 3. The number of hydrogen-bond acceptors (Lipinski definition) is 4. The lowest BCUT2D eigenvalue weighted by Crippen LogP contribution is -2.40. The molecule has 3 N–H and O–H groups in total. The molecule has 0 saturated carbocycles. The molecule has 4 rings (SSSR count). The maximum Gasteiger partial charge on any atom is 0.138 e. The van der Waals surface area contributed by atoms with Gasteiger partial charge < -0.3 is 15.6 Å². The first kappa shape index (κ1) is 13.5. The van der Waals surface area contributed by atoms with Crippen LogP contribution in [0.2, 0.25) is 0 Å². The SMILES string of the molecule is NC1CCN(c2cc(-c3nc4c([nH]3)CCC=C4)ccn2)CC1. The Morgan fingerprint density at radius 1 is 1.27 bits per heavy atom. The first-order valence-corrected chi connectivity index (χ1v) is 8.02. The molecule has 2 aromatic heterocycles. The molecule has 0 amide bonds. The maximum atomic E-state index is 5.98. The van der Waals surface area contributed by atoms with Gasteiger partial charge in [0, 0.05) is 36.6 Å². The Hall–Kier alpha value is -2.14. The normalized spacial score (nSPS) is 18.5. The van der Waals surface area contributed by atoms with E-state index in [1.54, 1.807) is 0 Å². The predicted molar refractivity (Wildman–Crippen MR) is 88.6 cm³/mol. The van der Waals surface area contributed by atoms with Crippen molar-refractivity contribution >= 4 is 11.9 Å². The van der Waals surface area contributed by atoms with Gasteiger partial charge in [-0.3, -0.25) is 0 Å². The lowest BCUT2D eigenvalue weighted by atomic mass is 10.1. The second-order valence-electron chi connectivity index (χ2n) is 6.12. The summed E-state index contributed by atoms with van der Waals surface area (Å²) in [7, 11) is 0. The number of hydrogen-bond donors (Lipinski definition) is 2. The third kappa shape index (κ3) is 2.52. The number of nitrogens with two attached hydrogens (primary N) is 1. The molecule has 5 nitrogen and oxygen atoms in total. The van der Waals surface area contributed by atoms with E-state index in [4.69, 9.17) is 10.7 Å². The summed E-state index contributed by atoms with van der Waals surface area (Å²) in [6.07, 6.45) is 10.4. The molecule has 1 aliphatic carbocycles. The molecule has 0 spiro atoms. The zero-order valence-corrected chi connectivity index (χ0v) is 12.6. The molecule has 0 bridgehead atoms. The minimum atomic E-state index is 0.336. The number of piperidine rings is 1. The number of aromatic amines is 1. The Kier molecular flexibility index (Phi) is 3.42. The molecular formula is C17H21N5. The first-order valence-electron chi connectivity index (χ1n) is 8.02. The lowest BCUT2D eigenvalue weighted by molar-refractivity contribution is 0.498. The highest BCUT2D eigenvalue weighted by molar-refractivity contribution is 5.64. The van der Waals surface area contributed by atoms with Crippen LogP contribution in [0.15, 0.2) is 24.4 Å². The van der Waals surface area contributed by atoms with Crippen LogP contribution in [-0.4, -0.2) is 34.1 Å². The highest BCUT2D eigenvalue weighted by Crippen LogP contribution is 2.26. The highest BCUT2D eigenvalue weighted by Gasteiger charge is 2.18. The molecule has 0 aromatic carbocycles. The summed E-state index contributed by atoms with van der Waals surface area (Å²) in [6.45, 7) is 1.96. The van der Waals surface area contributed by atoms with Crippen LogP contribution in [0.25, 0.3) is 17.5 Å². The summed E-state index contributed by atoms with van der Waals surface area (Å²) in [6, 6.07) is 4.49. The van der Waals surface area contributed by atoms with Crippen LogP contribution < -0.4 is 10.6 Å². The van der Waals surface area contributed by atoms with E-state index in [2.05, 4.69) is 33.1 Å². The van der Waals surface area contributed by atoms with Gasteiger partial charge in [0.25, 0.3) is 0 Å². The minimum Gasteiger partial charge on any atom is -0.356 e. The molecular weight excluding hydrogens is 274 g/mol. The number of imidazole rings is 1. The molecule has 1 aliphatic heterocycles. The Morgan fingerprint density at radius 2 is 2.14 bits per heavy atom. The van der Waals surface area contributed by atoms with E-state index in [-0.39, 0.29) is 0 Å². The number of nitrogens with zero attached hydrogens (tertiary/aromatic N) is 3. The van der Waals surface area contributed by atoms with Crippen molar-refractivity contribution in [2.45, 2.75) is 31.7 Å². The number of fused-ring (bicyclic) bond motifs is 1. The summed E-state index contributed by atoms with van der Waals surface area (Å²) in [5, 5.41) is 0. The molecule has 2 aromatic rings. The fourth-order valence-corrected chi connectivity index (χ4v) is 3.18. The van der Waals surface area contributed by atoms with Crippen LogP contribution >= 0.6 is 0 Å². The van der Waals surface area contributed by atoms with Gasteiger partial charge in [-0.05, 0) is 43.9 Å². The molecule has 1 saturated heterocycles. The number of pyridine rings is 1. The van der Waals surface area contributed by atoms with Gasteiger partial charge in [0.2, 0.25) is 0 Å². The maximum absolute atomic E-state index is 5.98. The Balaban J connectivity index is 1.61. The summed E-state index contributed by atoms with van der Waals surface area (Å²) in [4.78, 5) is 15.0. The molecule has 114 valence electrons. The van der Waals surface area contributed by atoms with Crippen molar-refractivity contribution in [3.05, 3.63) is 35.8 Å². The van der Waals surface area contributed by atoms with Crippen LogP contribution in [0.4, 0.5) is 5.82 Å². The fourth-order valence-electron chi connectivity index (χ4n) is 3.18. The second-order valence-corrected chi connectivity index (χ2v) is 6.12. The van der Waals surface area contributed by atoms with Gasteiger partial charge in [0.05, 0.1) is 5.69 Å². The van der Waals surface area contributed by atoms with Gasteiger partial charge in [0.15, 0.2) is 0 Å². The third-order valence-electron chi connectivity index (χ3n) is 4.53. The fraction of sp³-hybridized carbons (Fsp3) is 0.412. The Morgan fingerprint density at radius 3 is 2.95 bits per heavy atom. The molecule has 1 fully saturated rings. The van der Waals surface area contributed by atoms with Crippen molar-refractivity contribution in [1.29, 1.82) is 0 Å². The van der Waals surface area contributed by atoms with Gasteiger partial charge in [-0.1, -0.05) is 6.08 Å². The lowest BCUT2D eigenvalue weighted by Gasteiger charge is -2.31. The van der Waals surface area contributed by atoms with E-state index in [9.17, 15) is 0 Å². The standard InChI is InChI=1S/C17H21N5/c18-13-6-9-22(10-7-13)16-11-12(5-8-19-16)17-20-14-3-1-2-4-15(14)21-17/h1,3,5,8,11,13H,2,4,6-7,9-10,18H2,(H,20,21). The zero-order chi connectivity index (χ0) is 14.9. The molecule has 0 radical (unpaired) electrons. The second kappa shape index (κ2) is 5.57. The van der Waals surface area contributed by atoms with Gasteiger partial charge >= 0.3 is 0 Å². The van der Waals surface area contributed by atoms with Crippen molar-refractivity contribution in [3.8, 4) is 11.4 Å². The topological polar surface area (TPSA) is 70.8 Å². The van der Waals surface area contributed by atoms with Crippen LogP contribution in [0.5, 0.6) is 0 Å². The average Bonchev–Trinajstić information content (AvgIpc) is 3.00. The minimum absolute atomic E-state index is 0.336. The third-order valence-corrected chi connectivity index (χ3v) is 4.53. The van der Waals surface area contributed by atoms with E-state index < -0.39 is 0 Å². The summed E-state index contributed by atoms with van der Waals surface area (Å²) < 4.78 is 0. The van der Waals surface area contributed by atoms with Crippen molar-refractivity contribution in [2.75, 3.05) is 18.0 Å². The van der Waals surface area contributed by atoms with Gasteiger partial charge in [-0.15, -0.1) is 0 Å². The molecule has 2 aliphatic rings. The van der Waals surface area contributed by atoms with Crippen molar-refractivity contribution < 1.29 is 0 Å². The summed E-state index contributed by atoms with van der Waals surface area (Å²) in [5.41, 5.74) is 9.39. The number of H-pyrrole nitrogens is 1. The number of allylic oxidation sites excluding steroid dienone is 1. The molecule has 22 heavy (non-hydrogen) atoms. The summed E-state index contributed by atoms with van der Waals surface area (Å²) >= 11 is 0. The largest absolute Gasteiger partial charge is 0.356 e. The van der Waals surface area contributed by atoms with E-state index >= 15 is 0 Å². The van der Waals surface area contributed by atoms with Crippen molar-refractivity contribution in [2.24, 2.45) is 5.73 Å². The van der Waals surface area contributed by atoms with E-state index in [1.165, 1.54) is 5.69 Å². The number of anilines is 1. The first-order chi connectivity index (χ1) is 10.8. The average molecular weight is 295 g/mol. The van der Waals surface area contributed by atoms with Crippen LogP contribution in [-0.2, 0) is 6.42 Å². The summed E-state index contributed by atoms with van der Waals surface area (Å²) in [5.74, 6) is 1.96. The highest BCUT2D eigenvalue weighted by atomic mass is 15.2.